The Morgan fingerprint density at radius 2 is 2.36 bits per heavy atom. The van der Waals surface area contributed by atoms with E-state index in [2.05, 4.69) is 24.5 Å². The van der Waals surface area contributed by atoms with Gasteiger partial charge in [0.15, 0.2) is 0 Å². The van der Waals surface area contributed by atoms with E-state index in [1.165, 1.54) is 25.8 Å². The second-order valence-corrected chi connectivity index (χ2v) is 4.38. The Kier molecular flexibility index (Phi) is 5.45. The Bertz CT molecular complexity index is 138. The second-order valence-electron chi connectivity index (χ2n) is 4.38. The predicted octanol–water partition coefficient (Wildman–Crippen LogP) is 0.877. The van der Waals surface area contributed by atoms with Gasteiger partial charge in [0.25, 0.3) is 0 Å². The molecule has 1 aliphatic rings. The fourth-order valence-electron chi connectivity index (χ4n) is 2.15. The van der Waals surface area contributed by atoms with E-state index in [-0.39, 0.29) is 12.6 Å². The van der Waals surface area contributed by atoms with Crippen molar-refractivity contribution in [3.05, 3.63) is 0 Å². The van der Waals surface area contributed by atoms with Crippen LogP contribution < -0.4 is 10.6 Å². The van der Waals surface area contributed by atoms with E-state index in [1.807, 2.05) is 0 Å². The third-order valence-electron chi connectivity index (χ3n) is 3.03. The molecule has 3 N–H and O–H groups in total. The standard InChI is InChI=1S/C11H24N2O/c1-3-10(8-14)13-9(2)7-11-5-4-6-12-11/h9-14H,3-8H2,1-2H3/t9?,10-,11?/m1/s1. The highest BCUT2D eigenvalue weighted by Crippen LogP contribution is 2.11. The molecule has 3 atom stereocenters. The monoisotopic (exact) mass is 200 g/mol. The van der Waals surface area contributed by atoms with E-state index in [9.17, 15) is 0 Å². The lowest BCUT2D eigenvalue weighted by molar-refractivity contribution is 0.225. The van der Waals surface area contributed by atoms with Crippen LogP contribution in [0.3, 0.4) is 0 Å². The Morgan fingerprint density at radius 3 is 2.86 bits per heavy atom. The summed E-state index contributed by atoms with van der Waals surface area (Å²) in [5.74, 6) is 0. The van der Waals surface area contributed by atoms with Crippen molar-refractivity contribution in [2.45, 2.75) is 57.7 Å². The molecule has 0 aromatic carbocycles. The lowest BCUT2D eigenvalue weighted by Gasteiger charge is -2.23. The van der Waals surface area contributed by atoms with Crippen LogP contribution in [0, 0.1) is 0 Å². The van der Waals surface area contributed by atoms with Gasteiger partial charge in [0.1, 0.15) is 0 Å². The van der Waals surface area contributed by atoms with Gasteiger partial charge < -0.3 is 15.7 Å². The first-order valence-corrected chi connectivity index (χ1v) is 5.86. The molecule has 14 heavy (non-hydrogen) atoms. The van der Waals surface area contributed by atoms with Crippen molar-refractivity contribution >= 4 is 0 Å². The molecule has 1 rings (SSSR count). The zero-order chi connectivity index (χ0) is 10.4. The average molecular weight is 200 g/mol. The molecule has 0 aliphatic carbocycles. The van der Waals surface area contributed by atoms with Gasteiger partial charge in [-0.2, -0.15) is 0 Å². The maximum absolute atomic E-state index is 9.06. The zero-order valence-corrected chi connectivity index (χ0v) is 9.42. The van der Waals surface area contributed by atoms with Crippen LogP contribution in [-0.2, 0) is 0 Å². The number of nitrogens with one attached hydrogen (secondary N) is 2. The van der Waals surface area contributed by atoms with Gasteiger partial charge >= 0.3 is 0 Å². The first kappa shape index (κ1) is 12.0. The van der Waals surface area contributed by atoms with Crippen molar-refractivity contribution in [1.29, 1.82) is 0 Å². The topological polar surface area (TPSA) is 44.3 Å². The molecule has 0 spiro atoms. The lowest BCUT2D eigenvalue weighted by Crippen LogP contribution is -2.41. The maximum atomic E-state index is 9.06. The molecule has 1 fully saturated rings. The van der Waals surface area contributed by atoms with Crippen molar-refractivity contribution in [2.75, 3.05) is 13.2 Å². The van der Waals surface area contributed by atoms with E-state index in [1.54, 1.807) is 0 Å². The first-order chi connectivity index (χ1) is 6.76. The average Bonchev–Trinajstić information content (AvgIpc) is 2.66. The minimum Gasteiger partial charge on any atom is -0.395 e. The van der Waals surface area contributed by atoms with Gasteiger partial charge in [-0.25, -0.2) is 0 Å². The SMILES string of the molecule is CC[C@H](CO)NC(C)CC1CCCN1. The summed E-state index contributed by atoms with van der Waals surface area (Å²) in [6.07, 6.45) is 4.80. The minimum absolute atomic E-state index is 0.249. The molecule has 1 aliphatic heterocycles. The smallest absolute Gasteiger partial charge is 0.0584 e. The van der Waals surface area contributed by atoms with Gasteiger partial charge in [-0.15, -0.1) is 0 Å². The normalized spacial score (nSPS) is 26.4. The summed E-state index contributed by atoms with van der Waals surface area (Å²) in [6.45, 7) is 5.74. The number of rotatable bonds is 6. The highest BCUT2D eigenvalue weighted by Gasteiger charge is 2.18. The highest BCUT2D eigenvalue weighted by molar-refractivity contribution is 4.80. The molecule has 0 aromatic rings. The maximum Gasteiger partial charge on any atom is 0.0584 e. The van der Waals surface area contributed by atoms with Gasteiger partial charge in [0.2, 0.25) is 0 Å². The second kappa shape index (κ2) is 6.38. The molecule has 1 heterocycles. The van der Waals surface area contributed by atoms with Crippen LogP contribution >= 0.6 is 0 Å². The predicted molar refractivity (Wildman–Crippen MR) is 59.4 cm³/mol. The van der Waals surface area contributed by atoms with Crippen LogP contribution in [0.25, 0.3) is 0 Å². The number of hydrogen-bond acceptors (Lipinski definition) is 3. The molecule has 84 valence electrons. The molecule has 0 amide bonds. The van der Waals surface area contributed by atoms with Crippen molar-refractivity contribution in [3.8, 4) is 0 Å². The van der Waals surface area contributed by atoms with Gasteiger partial charge in [-0.05, 0) is 39.2 Å². The van der Waals surface area contributed by atoms with Crippen LogP contribution in [0.4, 0.5) is 0 Å². The summed E-state index contributed by atoms with van der Waals surface area (Å²) >= 11 is 0. The van der Waals surface area contributed by atoms with Crippen molar-refractivity contribution in [1.82, 2.24) is 10.6 Å². The van der Waals surface area contributed by atoms with E-state index in [0.717, 1.165) is 6.42 Å². The Morgan fingerprint density at radius 1 is 1.57 bits per heavy atom. The van der Waals surface area contributed by atoms with Gasteiger partial charge in [-0.3, -0.25) is 0 Å². The van der Waals surface area contributed by atoms with Gasteiger partial charge in [0.05, 0.1) is 6.61 Å². The third-order valence-corrected chi connectivity index (χ3v) is 3.03. The molecule has 3 heteroatoms. The molecule has 0 bridgehead atoms. The van der Waals surface area contributed by atoms with Crippen molar-refractivity contribution in [2.24, 2.45) is 0 Å². The fraction of sp³-hybridized carbons (Fsp3) is 1.00. The van der Waals surface area contributed by atoms with Crippen LogP contribution in [-0.4, -0.2) is 36.4 Å². The third kappa shape index (κ3) is 3.95. The summed E-state index contributed by atoms with van der Waals surface area (Å²) in [5, 5.41) is 16.0. The largest absolute Gasteiger partial charge is 0.395 e. The molecule has 0 aromatic heterocycles. The molecular weight excluding hydrogens is 176 g/mol. The van der Waals surface area contributed by atoms with Crippen LogP contribution in [0.2, 0.25) is 0 Å². The van der Waals surface area contributed by atoms with Gasteiger partial charge in [0, 0.05) is 18.1 Å². The molecule has 0 saturated carbocycles. The first-order valence-electron chi connectivity index (χ1n) is 5.86. The molecule has 3 nitrogen and oxygen atoms in total. The summed E-state index contributed by atoms with van der Waals surface area (Å²) in [5.41, 5.74) is 0. The Hall–Kier alpha value is -0.120. The summed E-state index contributed by atoms with van der Waals surface area (Å²) in [6, 6.07) is 1.46. The van der Waals surface area contributed by atoms with E-state index in [0.29, 0.717) is 12.1 Å². The minimum atomic E-state index is 0.249. The quantitative estimate of drug-likeness (QED) is 0.596. The fourth-order valence-corrected chi connectivity index (χ4v) is 2.15. The van der Waals surface area contributed by atoms with Gasteiger partial charge in [-0.1, -0.05) is 6.92 Å². The number of hydrogen-bond donors (Lipinski definition) is 3. The van der Waals surface area contributed by atoms with E-state index >= 15 is 0 Å². The highest BCUT2D eigenvalue weighted by atomic mass is 16.3. The lowest BCUT2D eigenvalue weighted by atomic mass is 10.1. The summed E-state index contributed by atoms with van der Waals surface area (Å²) in [7, 11) is 0. The number of aliphatic hydroxyl groups excluding tert-OH is 1. The van der Waals surface area contributed by atoms with Crippen molar-refractivity contribution < 1.29 is 5.11 Å². The van der Waals surface area contributed by atoms with Crippen LogP contribution in [0.1, 0.15) is 39.5 Å². The molecular formula is C11H24N2O. The summed E-state index contributed by atoms with van der Waals surface area (Å²) in [4.78, 5) is 0. The van der Waals surface area contributed by atoms with Crippen LogP contribution in [0.5, 0.6) is 0 Å². The summed E-state index contributed by atoms with van der Waals surface area (Å²) < 4.78 is 0. The molecule has 0 radical (unpaired) electrons. The Labute approximate surface area is 87.3 Å². The van der Waals surface area contributed by atoms with Crippen LogP contribution in [0.15, 0.2) is 0 Å². The van der Waals surface area contributed by atoms with E-state index in [4.69, 9.17) is 5.11 Å². The van der Waals surface area contributed by atoms with Crippen molar-refractivity contribution in [3.63, 3.8) is 0 Å². The Balaban J connectivity index is 2.16. The number of aliphatic hydroxyl groups is 1. The van der Waals surface area contributed by atoms with E-state index < -0.39 is 0 Å². The molecule has 1 saturated heterocycles. The zero-order valence-electron chi connectivity index (χ0n) is 9.42. The molecule has 2 unspecified atom stereocenters.